The van der Waals surface area contributed by atoms with Crippen molar-refractivity contribution in [3.8, 4) is 0 Å². The molecule has 1 aromatic carbocycles. The standard InChI is InChI=1S/C10H7N3.CH4N2O/c1-2-7-3-4-9-8(6-12-13-9)10(7)11-5-1;2-1(3)4/h1-6H,(H,12,13);(H4,2,3,4)/p+1. The number of benzene rings is 1. The molecule has 0 aliphatic rings. The number of fused-ring (bicyclic) bond motifs is 3. The second-order valence-electron chi connectivity index (χ2n) is 3.43. The van der Waals surface area contributed by atoms with Crippen molar-refractivity contribution in [3.05, 3.63) is 36.7 Å². The third-order valence-corrected chi connectivity index (χ3v) is 2.26. The summed E-state index contributed by atoms with van der Waals surface area (Å²) in [7, 11) is 0. The minimum Gasteiger partial charge on any atom is -0.352 e. The quantitative estimate of drug-likeness (QED) is 0.524. The Morgan fingerprint density at radius 2 is 2.06 bits per heavy atom. The molecule has 3 aromatic rings. The largest absolute Gasteiger partial charge is 0.352 e. The smallest absolute Gasteiger partial charge is 0.309 e. The van der Waals surface area contributed by atoms with Gasteiger partial charge in [-0.3, -0.25) is 5.10 Å². The lowest BCUT2D eigenvalue weighted by Crippen LogP contribution is -2.18. The number of nitrogens with zero attached hydrogens (tertiary/aromatic N) is 1. The van der Waals surface area contributed by atoms with Crippen LogP contribution in [0.5, 0.6) is 0 Å². The van der Waals surface area contributed by atoms with Gasteiger partial charge in [0.1, 0.15) is 0 Å². The van der Waals surface area contributed by atoms with E-state index in [0.29, 0.717) is 0 Å². The fourth-order valence-corrected chi connectivity index (χ4v) is 1.62. The predicted octanol–water partition coefficient (Wildman–Crippen LogP) is 0.554. The molecule has 0 fully saturated rings. The van der Waals surface area contributed by atoms with E-state index in [0.717, 1.165) is 16.4 Å². The van der Waals surface area contributed by atoms with E-state index in [2.05, 4.69) is 38.8 Å². The molecule has 0 aliphatic heterocycles. The molecule has 0 aliphatic carbocycles. The molecular weight excluding hydrogens is 218 g/mol. The lowest BCUT2D eigenvalue weighted by atomic mass is 10.1. The van der Waals surface area contributed by atoms with Crippen molar-refractivity contribution < 1.29 is 9.78 Å². The first kappa shape index (κ1) is 10.9. The van der Waals surface area contributed by atoms with Gasteiger partial charge in [0.15, 0.2) is 6.20 Å². The molecule has 3 rings (SSSR count). The minimum atomic E-state index is -0.833. The average molecular weight is 230 g/mol. The summed E-state index contributed by atoms with van der Waals surface area (Å²) in [4.78, 5) is 12.2. The van der Waals surface area contributed by atoms with Crippen molar-refractivity contribution in [1.29, 1.82) is 0 Å². The Kier molecular flexibility index (Phi) is 2.87. The highest BCUT2D eigenvalue weighted by atomic mass is 16.2. The van der Waals surface area contributed by atoms with Gasteiger partial charge < -0.3 is 11.5 Å². The maximum absolute atomic E-state index is 9.00. The average Bonchev–Trinajstić information content (AvgIpc) is 2.76. The zero-order valence-electron chi connectivity index (χ0n) is 8.97. The van der Waals surface area contributed by atoms with Gasteiger partial charge in [-0.2, -0.15) is 5.10 Å². The second kappa shape index (κ2) is 4.48. The van der Waals surface area contributed by atoms with Crippen LogP contribution >= 0.6 is 0 Å². The Morgan fingerprint density at radius 3 is 2.82 bits per heavy atom. The molecule has 2 heterocycles. The molecule has 0 spiro atoms. The van der Waals surface area contributed by atoms with Crippen LogP contribution < -0.4 is 16.5 Å². The predicted molar refractivity (Wildman–Crippen MR) is 63.9 cm³/mol. The van der Waals surface area contributed by atoms with Crippen LogP contribution in [0.4, 0.5) is 4.79 Å². The molecule has 6 nitrogen and oxygen atoms in total. The summed E-state index contributed by atoms with van der Waals surface area (Å²) in [6.45, 7) is 0. The Balaban J connectivity index is 0.000000239. The van der Waals surface area contributed by atoms with E-state index < -0.39 is 6.03 Å². The highest BCUT2D eigenvalue weighted by Gasteiger charge is 2.05. The minimum absolute atomic E-state index is 0.833. The number of carbonyl (C=O) groups excluding carboxylic acids is 1. The number of aromatic amines is 2. The number of nitrogens with two attached hydrogens (primary N) is 2. The fourth-order valence-electron chi connectivity index (χ4n) is 1.62. The zero-order valence-corrected chi connectivity index (χ0v) is 8.97. The summed E-state index contributed by atoms with van der Waals surface area (Å²) < 4.78 is 0. The van der Waals surface area contributed by atoms with Gasteiger partial charge in [-0.25, -0.2) is 9.78 Å². The van der Waals surface area contributed by atoms with E-state index in [1.807, 2.05) is 24.5 Å². The lowest BCUT2D eigenvalue weighted by molar-refractivity contribution is -0.343. The Hall–Kier alpha value is -2.63. The maximum atomic E-state index is 9.00. The number of hydrogen-bond acceptors (Lipinski definition) is 2. The molecule has 0 saturated carbocycles. The van der Waals surface area contributed by atoms with Crippen LogP contribution in [0.15, 0.2) is 36.7 Å². The molecule has 17 heavy (non-hydrogen) atoms. The normalized spacial score (nSPS) is 9.88. The van der Waals surface area contributed by atoms with Gasteiger partial charge in [0.05, 0.1) is 17.1 Å². The zero-order chi connectivity index (χ0) is 12.3. The molecule has 6 heteroatoms. The number of H-pyrrole nitrogens is 2. The molecule has 0 unspecified atom stereocenters. The molecular formula is C11H12N5O+. The number of rotatable bonds is 0. The summed E-state index contributed by atoms with van der Waals surface area (Å²) >= 11 is 0. The molecule has 0 saturated heterocycles. The van der Waals surface area contributed by atoms with E-state index in [1.54, 1.807) is 0 Å². The molecule has 0 radical (unpaired) electrons. The van der Waals surface area contributed by atoms with Crippen LogP contribution in [-0.4, -0.2) is 16.2 Å². The van der Waals surface area contributed by atoms with Crippen molar-refractivity contribution >= 4 is 27.8 Å². The highest BCUT2D eigenvalue weighted by Crippen LogP contribution is 2.18. The Labute approximate surface area is 96.6 Å². The molecule has 2 amide bonds. The van der Waals surface area contributed by atoms with E-state index >= 15 is 0 Å². The van der Waals surface area contributed by atoms with Gasteiger partial charge in [-0.05, 0) is 18.2 Å². The third kappa shape index (κ3) is 2.31. The molecule has 0 atom stereocenters. The van der Waals surface area contributed by atoms with E-state index in [4.69, 9.17) is 4.79 Å². The first-order valence-corrected chi connectivity index (χ1v) is 4.96. The first-order chi connectivity index (χ1) is 8.18. The first-order valence-electron chi connectivity index (χ1n) is 4.96. The monoisotopic (exact) mass is 230 g/mol. The van der Waals surface area contributed by atoms with Crippen LogP contribution in [-0.2, 0) is 0 Å². The van der Waals surface area contributed by atoms with Crippen LogP contribution in [0, 0.1) is 0 Å². The van der Waals surface area contributed by atoms with Crippen LogP contribution in [0.1, 0.15) is 0 Å². The number of amides is 2. The van der Waals surface area contributed by atoms with Gasteiger partial charge in [-0.1, -0.05) is 0 Å². The Morgan fingerprint density at radius 1 is 1.29 bits per heavy atom. The van der Waals surface area contributed by atoms with Gasteiger partial charge in [0, 0.05) is 11.5 Å². The number of aromatic nitrogens is 3. The number of hydrogen-bond donors (Lipinski definition) is 3. The molecule has 6 N–H and O–H groups in total. The Bertz CT molecular complexity index is 657. The molecule has 2 aromatic heterocycles. The lowest BCUT2D eigenvalue weighted by Gasteiger charge is -1.90. The number of nitrogens with one attached hydrogen (secondary N) is 2. The number of primary amides is 2. The van der Waals surface area contributed by atoms with Crippen molar-refractivity contribution in [2.24, 2.45) is 11.5 Å². The van der Waals surface area contributed by atoms with Crippen LogP contribution in [0.2, 0.25) is 0 Å². The number of carbonyl (C=O) groups is 1. The van der Waals surface area contributed by atoms with Gasteiger partial charge in [0.25, 0.3) is 0 Å². The summed E-state index contributed by atoms with van der Waals surface area (Å²) in [5.41, 5.74) is 10.7. The van der Waals surface area contributed by atoms with Gasteiger partial charge in [-0.15, -0.1) is 0 Å². The van der Waals surface area contributed by atoms with Crippen molar-refractivity contribution in [1.82, 2.24) is 10.2 Å². The van der Waals surface area contributed by atoms with Gasteiger partial charge >= 0.3 is 6.03 Å². The second-order valence-corrected chi connectivity index (χ2v) is 3.43. The SMILES string of the molecule is NC(N)=O.c1c[nH+]c2c(c1)ccc1[nH]ncc12. The van der Waals surface area contributed by atoms with Gasteiger partial charge in [0.2, 0.25) is 5.52 Å². The van der Waals surface area contributed by atoms with Crippen molar-refractivity contribution in [2.45, 2.75) is 0 Å². The summed E-state index contributed by atoms with van der Waals surface area (Å²) in [6, 6.07) is 7.36. The third-order valence-electron chi connectivity index (χ3n) is 2.26. The summed E-state index contributed by atoms with van der Waals surface area (Å²) in [5, 5.41) is 9.29. The van der Waals surface area contributed by atoms with Crippen LogP contribution in [0.3, 0.4) is 0 Å². The molecule has 0 bridgehead atoms. The number of urea groups is 1. The molecule has 86 valence electrons. The summed E-state index contributed by atoms with van der Waals surface area (Å²) in [5.74, 6) is 0. The number of pyridine rings is 1. The van der Waals surface area contributed by atoms with Crippen molar-refractivity contribution in [2.75, 3.05) is 0 Å². The topological polar surface area (TPSA) is 112 Å². The van der Waals surface area contributed by atoms with Crippen LogP contribution in [0.25, 0.3) is 21.8 Å². The summed E-state index contributed by atoms with van der Waals surface area (Å²) in [6.07, 6.45) is 3.77. The highest BCUT2D eigenvalue weighted by molar-refractivity contribution is 6.01. The maximum Gasteiger partial charge on any atom is 0.309 e. The van der Waals surface area contributed by atoms with E-state index in [1.165, 1.54) is 5.39 Å². The fraction of sp³-hybridized carbons (Fsp3) is 0. The van der Waals surface area contributed by atoms with Crippen molar-refractivity contribution in [3.63, 3.8) is 0 Å². The van der Waals surface area contributed by atoms with E-state index in [9.17, 15) is 0 Å². The van der Waals surface area contributed by atoms with E-state index in [-0.39, 0.29) is 0 Å².